The molecular weight excluding hydrogens is 574 g/mol. The molecule has 2 N–H and O–H groups in total. The average molecular weight is 595 g/mol. The van der Waals surface area contributed by atoms with E-state index in [-0.39, 0.29) is 28.8 Å². The summed E-state index contributed by atoms with van der Waals surface area (Å²) in [5.74, 6) is -0.782. The summed E-state index contributed by atoms with van der Waals surface area (Å²) >= 11 is 1.09. The van der Waals surface area contributed by atoms with Crippen LogP contribution in [-0.2, 0) is 16.2 Å². The monoisotopic (exact) mass is 594 g/mol. The Morgan fingerprint density at radius 1 is 1.08 bits per heavy atom. The molecule has 0 amide bonds. The fourth-order valence-electron chi connectivity index (χ4n) is 3.68. The maximum absolute atomic E-state index is 13.1. The number of benzene rings is 1. The van der Waals surface area contributed by atoms with Crippen molar-refractivity contribution in [2.45, 2.75) is 35.4 Å². The second-order valence-electron chi connectivity index (χ2n) is 8.38. The number of aromatic nitrogens is 3. The lowest BCUT2D eigenvalue weighted by atomic mass is 10.1. The molecule has 3 aromatic rings. The number of alkyl halides is 6. The van der Waals surface area contributed by atoms with Crippen LogP contribution in [-0.4, -0.2) is 65.3 Å². The van der Waals surface area contributed by atoms with Gasteiger partial charge in [0, 0.05) is 24.7 Å². The summed E-state index contributed by atoms with van der Waals surface area (Å²) in [6, 6.07) is 5.72. The molecule has 1 fully saturated rings. The van der Waals surface area contributed by atoms with Crippen molar-refractivity contribution in [1.29, 1.82) is 5.41 Å². The van der Waals surface area contributed by atoms with Crippen molar-refractivity contribution >= 4 is 33.0 Å². The van der Waals surface area contributed by atoms with Crippen LogP contribution in [0, 0.1) is 5.41 Å². The maximum atomic E-state index is 13.1. The third-order valence-electron chi connectivity index (χ3n) is 5.56. The Hall–Kier alpha value is -3.31. The van der Waals surface area contributed by atoms with Gasteiger partial charge in [-0.15, -0.1) is 11.3 Å². The van der Waals surface area contributed by atoms with E-state index in [0.717, 1.165) is 23.5 Å². The fourth-order valence-corrected chi connectivity index (χ4v) is 6.30. The van der Waals surface area contributed by atoms with Crippen molar-refractivity contribution in [3.05, 3.63) is 58.7 Å². The maximum Gasteiger partial charge on any atom is 0.422 e. The second kappa shape index (κ2) is 11.1. The molecule has 210 valence electrons. The molecule has 0 aliphatic carbocycles. The first-order valence-corrected chi connectivity index (χ1v) is 13.6. The highest BCUT2D eigenvalue weighted by Crippen LogP contribution is 2.30. The van der Waals surface area contributed by atoms with E-state index < -0.39 is 58.1 Å². The topological polar surface area (TPSA) is 121 Å². The first-order valence-electron chi connectivity index (χ1n) is 11.2. The molecule has 4 rings (SSSR count). The molecule has 0 bridgehead atoms. The van der Waals surface area contributed by atoms with Gasteiger partial charge >= 0.3 is 18.4 Å². The summed E-state index contributed by atoms with van der Waals surface area (Å²) in [5.41, 5.74) is -1.86. The minimum atomic E-state index is -4.73. The summed E-state index contributed by atoms with van der Waals surface area (Å²) < 4.78 is 109. The van der Waals surface area contributed by atoms with Crippen LogP contribution in [0.5, 0.6) is 6.01 Å². The third-order valence-corrected chi connectivity index (χ3v) is 8.83. The molecule has 0 spiro atoms. The van der Waals surface area contributed by atoms with Crippen LogP contribution < -0.4 is 10.1 Å². The minimum absolute atomic E-state index is 0.146. The van der Waals surface area contributed by atoms with Gasteiger partial charge in [-0.05, 0) is 36.4 Å². The quantitative estimate of drug-likeness (QED) is 0.290. The Morgan fingerprint density at radius 2 is 1.79 bits per heavy atom. The van der Waals surface area contributed by atoms with Gasteiger partial charge in [0.1, 0.15) is 9.92 Å². The molecule has 0 saturated carbocycles. The van der Waals surface area contributed by atoms with E-state index in [9.17, 15) is 34.8 Å². The number of hydrogen-bond acceptors (Lipinski definition) is 9. The molecule has 0 unspecified atom stereocenters. The van der Waals surface area contributed by atoms with Crippen molar-refractivity contribution in [3.8, 4) is 6.01 Å². The molecule has 2 aromatic heterocycles. The first kappa shape index (κ1) is 28.7. The highest BCUT2D eigenvalue weighted by molar-refractivity contribution is 7.91. The molecule has 1 saturated heterocycles. The molecular formula is C22H20F6N6O3S2. The molecule has 0 radical (unpaired) electrons. The average Bonchev–Trinajstić information content (AvgIpc) is 3.43. The van der Waals surface area contributed by atoms with Gasteiger partial charge in [0.15, 0.2) is 12.4 Å². The number of nitrogens with zero attached hydrogens (tertiary/aromatic N) is 4. The fraction of sp³-hybridized carbons (Fsp3) is 0.364. The first-order chi connectivity index (χ1) is 18.2. The van der Waals surface area contributed by atoms with Gasteiger partial charge in [0.05, 0.1) is 5.56 Å². The zero-order valence-electron chi connectivity index (χ0n) is 19.8. The molecule has 39 heavy (non-hydrogen) atoms. The Labute approximate surface area is 222 Å². The van der Waals surface area contributed by atoms with E-state index in [0.29, 0.717) is 18.9 Å². The van der Waals surface area contributed by atoms with Crippen molar-refractivity contribution in [3.63, 3.8) is 0 Å². The number of hydrogen-bond donors (Lipinski definition) is 2. The Morgan fingerprint density at radius 3 is 2.41 bits per heavy atom. The predicted molar refractivity (Wildman–Crippen MR) is 128 cm³/mol. The summed E-state index contributed by atoms with van der Waals surface area (Å²) in [4.78, 5) is 11.5. The lowest BCUT2D eigenvalue weighted by Gasteiger charge is -2.31. The Kier molecular flexibility index (Phi) is 8.13. The summed E-state index contributed by atoms with van der Waals surface area (Å²) in [5, 5.41) is 12.8. The van der Waals surface area contributed by atoms with Crippen molar-refractivity contribution in [2.24, 2.45) is 0 Å². The van der Waals surface area contributed by atoms with Gasteiger partial charge in [0.25, 0.3) is 10.0 Å². The predicted octanol–water partition coefficient (Wildman–Crippen LogP) is 4.57. The minimum Gasteiger partial charge on any atom is -0.454 e. The van der Waals surface area contributed by atoms with E-state index in [1.165, 1.54) is 16.4 Å². The highest BCUT2D eigenvalue weighted by atomic mass is 32.2. The number of nitrogens with one attached hydrogen (secondary N) is 2. The van der Waals surface area contributed by atoms with E-state index in [1.54, 1.807) is 11.4 Å². The summed E-state index contributed by atoms with van der Waals surface area (Å²) in [7, 11) is -3.66. The molecule has 9 nitrogen and oxygen atoms in total. The van der Waals surface area contributed by atoms with E-state index in [4.69, 9.17) is 5.41 Å². The smallest absolute Gasteiger partial charge is 0.422 e. The number of ether oxygens (including phenoxy) is 1. The Balaban J connectivity index is 1.54. The SMILES string of the molecule is N=C(c1cccc(C(F)(F)F)c1)c1nc(NC2CCN(S(=O)(=O)c3cccs3)CC2)nc(OCC(F)(F)F)n1. The van der Waals surface area contributed by atoms with Crippen LogP contribution >= 0.6 is 11.3 Å². The normalized spacial score (nSPS) is 15.7. The highest BCUT2D eigenvalue weighted by Gasteiger charge is 2.33. The zero-order valence-corrected chi connectivity index (χ0v) is 21.4. The van der Waals surface area contributed by atoms with Crippen LogP contribution in [0.25, 0.3) is 0 Å². The zero-order chi connectivity index (χ0) is 28.4. The summed E-state index contributed by atoms with van der Waals surface area (Å²) in [6.45, 7) is -1.45. The van der Waals surface area contributed by atoms with Crippen molar-refractivity contribution in [1.82, 2.24) is 19.3 Å². The van der Waals surface area contributed by atoms with Crippen LogP contribution in [0.3, 0.4) is 0 Å². The lowest BCUT2D eigenvalue weighted by molar-refractivity contribution is -0.154. The Bertz CT molecular complexity index is 1420. The van der Waals surface area contributed by atoms with Gasteiger partial charge in [-0.3, -0.25) is 5.41 Å². The summed E-state index contributed by atoms with van der Waals surface area (Å²) in [6.07, 6.45) is -8.81. The molecule has 17 heteroatoms. The van der Waals surface area contributed by atoms with Gasteiger partial charge in [-0.25, -0.2) is 8.42 Å². The van der Waals surface area contributed by atoms with Crippen LogP contribution in [0.4, 0.5) is 32.3 Å². The number of thiophene rings is 1. The van der Waals surface area contributed by atoms with Crippen LogP contribution in [0.15, 0.2) is 46.0 Å². The number of rotatable bonds is 8. The lowest BCUT2D eigenvalue weighted by Crippen LogP contribution is -2.42. The molecule has 1 aliphatic rings. The van der Waals surface area contributed by atoms with Gasteiger partial charge < -0.3 is 10.1 Å². The standard InChI is InChI=1S/C22H20F6N6O3S2/c23-21(24,25)12-37-20-32-18(17(29)13-3-1-4-14(11-13)22(26,27)28)31-19(33-20)30-15-6-8-34(9-7-15)39(35,36)16-5-2-10-38-16/h1-5,10-11,15,29H,6-9,12H2,(H,30,31,32,33). The van der Waals surface area contributed by atoms with Gasteiger partial charge in [-0.2, -0.15) is 45.6 Å². The molecule has 1 aliphatic heterocycles. The number of halogens is 6. The number of piperidine rings is 1. The molecule has 1 aromatic carbocycles. The van der Waals surface area contributed by atoms with E-state index >= 15 is 0 Å². The van der Waals surface area contributed by atoms with Crippen molar-refractivity contribution < 1.29 is 39.5 Å². The van der Waals surface area contributed by atoms with E-state index in [1.807, 2.05) is 0 Å². The largest absolute Gasteiger partial charge is 0.454 e. The third kappa shape index (κ3) is 7.21. The van der Waals surface area contributed by atoms with Crippen molar-refractivity contribution in [2.75, 3.05) is 25.0 Å². The van der Waals surface area contributed by atoms with Crippen LogP contribution in [0.2, 0.25) is 0 Å². The number of anilines is 1. The van der Waals surface area contributed by atoms with Gasteiger partial charge in [0.2, 0.25) is 5.95 Å². The molecule has 3 heterocycles. The van der Waals surface area contributed by atoms with Crippen LogP contribution in [0.1, 0.15) is 29.8 Å². The second-order valence-corrected chi connectivity index (χ2v) is 11.5. The van der Waals surface area contributed by atoms with Gasteiger partial charge in [-0.1, -0.05) is 18.2 Å². The number of sulfonamides is 1. The molecule has 0 atom stereocenters. The van der Waals surface area contributed by atoms with E-state index in [2.05, 4.69) is 25.0 Å².